The van der Waals surface area contributed by atoms with Gasteiger partial charge in [-0.15, -0.1) is 0 Å². The van der Waals surface area contributed by atoms with E-state index < -0.39 is 10.0 Å². The maximum Gasteiger partial charge on any atom is 0.213 e. The molecule has 0 bridgehead atoms. The van der Waals surface area contributed by atoms with Crippen LogP contribution in [0.3, 0.4) is 0 Å². The van der Waals surface area contributed by atoms with Crippen molar-refractivity contribution in [2.75, 3.05) is 46.0 Å². The second kappa shape index (κ2) is 7.45. The van der Waals surface area contributed by atoms with E-state index in [-0.39, 0.29) is 5.75 Å². The van der Waals surface area contributed by atoms with Gasteiger partial charge in [-0.25, -0.2) is 12.7 Å². The van der Waals surface area contributed by atoms with Gasteiger partial charge in [0.1, 0.15) is 0 Å². The quantitative estimate of drug-likeness (QED) is 0.450. The van der Waals surface area contributed by atoms with Gasteiger partial charge in [-0.2, -0.15) is 0 Å². The lowest BCUT2D eigenvalue weighted by Gasteiger charge is -2.24. The normalized spacial score (nSPS) is 19.3. The van der Waals surface area contributed by atoms with Crippen LogP contribution in [0.1, 0.15) is 33.6 Å². The fraction of sp³-hybridized carbons (Fsp3) is 0.929. The topological polar surface area (TPSA) is 65.0 Å². The number of sulfonamides is 1. The van der Waals surface area contributed by atoms with Crippen molar-refractivity contribution >= 4 is 16.0 Å². The van der Waals surface area contributed by atoms with Crippen LogP contribution in [-0.2, 0) is 10.0 Å². The molecular weight excluding hydrogens is 288 g/mol. The monoisotopic (exact) mass is 318 g/mol. The summed E-state index contributed by atoms with van der Waals surface area (Å²) in [4.78, 5) is 6.59. The largest absolute Gasteiger partial charge is 0.356 e. The maximum absolute atomic E-state index is 11.6. The minimum Gasteiger partial charge on any atom is -0.356 e. The Hall–Kier alpha value is -0.820. The Morgan fingerprint density at radius 3 is 2.57 bits per heavy atom. The lowest BCUT2D eigenvalue weighted by atomic mass is 9.93. The van der Waals surface area contributed by atoms with E-state index in [1.807, 2.05) is 0 Å². The smallest absolute Gasteiger partial charge is 0.213 e. The summed E-state index contributed by atoms with van der Waals surface area (Å²) in [5.74, 6) is 1.07. The fourth-order valence-electron chi connectivity index (χ4n) is 2.49. The van der Waals surface area contributed by atoms with E-state index in [1.54, 1.807) is 21.0 Å². The molecule has 1 aliphatic rings. The zero-order chi connectivity index (χ0) is 16.1. The molecule has 1 aliphatic heterocycles. The van der Waals surface area contributed by atoms with E-state index in [1.165, 1.54) is 10.7 Å². The molecule has 1 N–H and O–H groups in total. The van der Waals surface area contributed by atoms with Crippen LogP contribution < -0.4 is 5.32 Å². The van der Waals surface area contributed by atoms with Gasteiger partial charge in [0.25, 0.3) is 0 Å². The molecule has 1 fully saturated rings. The molecule has 1 rings (SSSR count). The van der Waals surface area contributed by atoms with Crippen molar-refractivity contribution in [1.82, 2.24) is 14.5 Å². The number of nitrogens with zero attached hydrogens (tertiary/aromatic N) is 3. The van der Waals surface area contributed by atoms with Gasteiger partial charge in [0.2, 0.25) is 10.0 Å². The molecule has 124 valence electrons. The van der Waals surface area contributed by atoms with Crippen molar-refractivity contribution in [3.63, 3.8) is 0 Å². The number of hydrogen-bond acceptors (Lipinski definition) is 3. The summed E-state index contributed by atoms with van der Waals surface area (Å²) in [5.41, 5.74) is 0.340. The molecular formula is C14H30N4O2S. The summed E-state index contributed by atoms with van der Waals surface area (Å²) in [5, 5.41) is 3.33. The molecule has 0 aromatic rings. The average Bonchev–Trinajstić information content (AvgIpc) is 2.78. The van der Waals surface area contributed by atoms with Crippen LogP contribution in [-0.4, -0.2) is 69.6 Å². The molecule has 0 atom stereocenters. The molecule has 0 saturated carbocycles. The highest BCUT2D eigenvalue weighted by Crippen LogP contribution is 2.28. The van der Waals surface area contributed by atoms with Gasteiger partial charge in [-0.05, 0) is 25.2 Å². The third-order valence-electron chi connectivity index (χ3n) is 3.96. The van der Waals surface area contributed by atoms with Crippen molar-refractivity contribution in [3.8, 4) is 0 Å². The predicted molar refractivity (Wildman–Crippen MR) is 88.0 cm³/mol. The zero-order valence-electron chi connectivity index (χ0n) is 14.0. The first-order valence-corrected chi connectivity index (χ1v) is 9.22. The molecule has 1 heterocycles. The van der Waals surface area contributed by atoms with Crippen LogP contribution in [0.5, 0.6) is 0 Å². The van der Waals surface area contributed by atoms with Gasteiger partial charge in [0.15, 0.2) is 5.96 Å². The van der Waals surface area contributed by atoms with Crippen molar-refractivity contribution in [1.29, 1.82) is 0 Å². The Bertz CT molecular complexity index is 460. The van der Waals surface area contributed by atoms with E-state index in [4.69, 9.17) is 0 Å². The summed E-state index contributed by atoms with van der Waals surface area (Å²) in [7, 11) is 0.358. The number of likely N-dealkylation sites (tertiary alicyclic amines) is 1. The van der Waals surface area contributed by atoms with Crippen LogP contribution in [0.25, 0.3) is 0 Å². The Balaban J connectivity index is 2.35. The Kier molecular flexibility index (Phi) is 6.46. The van der Waals surface area contributed by atoms with Gasteiger partial charge >= 0.3 is 0 Å². The number of nitrogens with one attached hydrogen (secondary N) is 1. The molecule has 21 heavy (non-hydrogen) atoms. The molecule has 1 saturated heterocycles. The second-order valence-electron chi connectivity index (χ2n) is 6.39. The van der Waals surface area contributed by atoms with Crippen LogP contribution in [0.2, 0.25) is 0 Å². The highest BCUT2D eigenvalue weighted by atomic mass is 32.2. The first-order chi connectivity index (χ1) is 9.72. The maximum atomic E-state index is 11.6. The van der Waals surface area contributed by atoms with Gasteiger partial charge in [-0.1, -0.05) is 13.8 Å². The molecule has 0 aromatic heterocycles. The Morgan fingerprint density at radius 1 is 1.43 bits per heavy atom. The van der Waals surface area contributed by atoms with Gasteiger partial charge in [-0.3, -0.25) is 4.99 Å². The first-order valence-electron chi connectivity index (χ1n) is 7.61. The SMILES string of the molecule is CCS(=O)(=O)N(C)CCCNC(=NC)N1CCC(C)(C)C1. The van der Waals surface area contributed by atoms with Gasteiger partial charge < -0.3 is 10.2 Å². The van der Waals surface area contributed by atoms with E-state index in [0.29, 0.717) is 12.0 Å². The van der Waals surface area contributed by atoms with E-state index in [2.05, 4.69) is 29.1 Å². The molecule has 0 radical (unpaired) electrons. The van der Waals surface area contributed by atoms with Crippen molar-refractivity contribution in [2.45, 2.75) is 33.6 Å². The summed E-state index contributed by atoms with van der Waals surface area (Å²) in [6.45, 7) is 9.50. The van der Waals surface area contributed by atoms with Crippen LogP contribution >= 0.6 is 0 Å². The third-order valence-corrected chi connectivity index (χ3v) is 5.82. The fourth-order valence-corrected chi connectivity index (χ4v) is 3.33. The standard InChI is InChI=1S/C14H30N4O2S/c1-6-21(19,20)17(5)10-7-9-16-13(15-4)18-11-8-14(2,3)12-18/h6-12H2,1-5H3,(H,15,16). The summed E-state index contributed by atoms with van der Waals surface area (Å²) in [6.07, 6.45) is 1.94. The lowest BCUT2D eigenvalue weighted by Crippen LogP contribution is -2.41. The minimum atomic E-state index is -3.07. The van der Waals surface area contributed by atoms with Crippen molar-refractivity contribution < 1.29 is 8.42 Å². The van der Waals surface area contributed by atoms with E-state index in [0.717, 1.165) is 32.0 Å². The predicted octanol–water partition coefficient (Wildman–Crippen LogP) is 0.965. The minimum absolute atomic E-state index is 0.154. The molecule has 7 heteroatoms. The molecule has 0 unspecified atom stereocenters. The van der Waals surface area contributed by atoms with E-state index in [9.17, 15) is 8.42 Å². The van der Waals surface area contributed by atoms with Crippen molar-refractivity contribution in [3.05, 3.63) is 0 Å². The lowest BCUT2D eigenvalue weighted by molar-refractivity contribution is 0.369. The van der Waals surface area contributed by atoms with Crippen LogP contribution in [0.15, 0.2) is 4.99 Å². The van der Waals surface area contributed by atoms with Crippen molar-refractivity contribution in [2.24, 2.45) is 10.4 Å². The number of rotatable bonds is 6. The van der Waals surface area contributed by atoms with Gasteiger partial charge in [0.05, 0.1) is 5.75 Å². The number of guanidine groups is 1. The molecule has 0 spiro atoms. The van der Waals surface area contributed by atoms with E-state index >= 15 is 0 Å². The highest BCUT2D eigenvalue weighted by molar-refractivity contribution is 7.89. The molecule has 0 aliphatic carbocycles. The average molecular weight is 318 g/mol. The zero-order valence-corrected chi connectivity index (χ0v) is 14.8. The highest BCUT2D eigenvalue weighted by Gasteiger charge is 2.30. The third kappa shape index (κ3) is 5.47. The van der Waals surface area contributed by atoms with Crippen LogP contribution in [0, 0.1) is 5.41 Å². The van der Waals surface area contributed by atoms with Crippen LogP contribution in [0.4, 0.5) is 0 Å². The van der Waals surface area contributed by atoms with Gasteiger partial charge in [0, 0.05) is 40.3 Å². The number of hydrogen-bond donors (Lipinski definition) is 1. The molecule has 0 aromatic carbocycles. The summed E-state index contributed by atoms with van der Waals surface area (Å²) in [6, 6.07) is 0. The second-order valence-corrected chi connectivity index (χ2v) is 8.75. The summed E-state index contributed by atoms with van der Waals surface area (Å²) < 4.78 is 24.7. The summed E-state index contributed by atoms with van der Waals surface area (Å²) >= 11 is 0. The number of aliphatic imine (C=N–C) groups is 1. The molecule has 0 amide bonds. The Morgan fingerprint density at radius 2 is 2.10 bits per heavy atom. The first kappa shape index (κ1) is 18.2. The Labute approximate surface area is 129 Å². The molecule has 6 nitrogen and oxygen atoms in total.